The summed E-state index contributed by atoms with van der Waals surface area (Å²) in [6.07, 6.45) is 3.14. The molecular weight excluding hydrogens is 296 g/mol. The predicted molar refractivity (Wildman–Crippen MR) is 71.5 cm³/mol. The van der Waals surface area contributed by atoms with E-state index in [1.807, 2.05) is 24.3 Å². The Bertz CT molecular complexity index is 744. The molecule has 0 bridgehead atoms. The van der Waals surface area contributed by atoms with Crippen LogP contribution in [0.3, 0.4) is 0 Å². The molecule has 0 radical (unpaired) electrons. The SMILES string of the molecule is O=c1c2occc2cnn1Cc1ccc(Br)cc1. The first kappa shape index (κ1) is 11.2. The summed E-state index contributed by atoms with van der Waals surface area (Å²) in [7, 11) is 0. The quantitative estimate of drug-likeness (QED) is 0.731. The number of fused-ring (bicyclic) bond motifs is 1. The van der Waals surface area contributed by atoms with Crippen LogP contribution in [0, 0.1) is 0 Å². The fourth-order valence-corrected chi connectivity index (χ4v) is 2.04. The smallest absolute Gasteiger partial charge is 0.310 e. The Morgan fingerprint density at radius 1 is 1.22 bits per heavy atom. The molecule has 0 spiro atoms. The van der Waals surface area contributed by atoms with Crippen molar-refractivity contribution in [2.24, 2.45) is 0 Å². The van der Waals surface area contributed by atoms with Gasteiger partial charge in [-0.15, -0.1) is 0 Å². The number of halogens is 1. The Kier molecular flexibility index (Phi) is 2.76. The average molecular weight is 305 g/mol. The lowest BCUT2D eigenvalue weighted by atomic mass is 10.2. The van der Waals surface area contributed by atoms with E-state index in [1.54, 1.807) is 12.3 Å². The van der Waals surface area contributed by atoms with E-state index in [0.29, 0.717) is 12.1 Å². The summed E-state index contributed by atoms with van der Waals surface area (Å²) in [4.78, 5) is 12.1. The molecule has 0 aliphatic carbocycles. The highest BCUT2D eigenvalue weighted by Crippen LogP contribution is 2.12. The van der Waals surface area contributed by atoms with Crippen LogP contribution in [0.5, 0.6) is 0 Å². The molecule has 0 atom stereocenters. The van der Waals surface area contributed by atoms with Crippen LogP contribution in [-0.4, -0.2) is 9.78 Å². The monoisotopic (exact) mass is 304 g/mol. The number of hydrogen-bond donors (Lipinski definition) is 0. The van der Waals surface area contributed by atoms with Crippen molar-refractivity contribution < 1.29 is 4.42 Å². The molecule has 0 amide bonds. The molecule has 3 rings (SSSR count). The second-order valence-electron chi connectivity index (χ2n) is 3.94. The van der Waals surface area contributed by atoms with Gasteiger partial charge < -0.3 is 4.42 Å². The van der Waals surface area contributed by atoms with Crippen LogP contribution in [0.2, 0.25) is 0 Å². The van der Waals surface area contributed by atoms with Gasteiger partial charge in [0, 0.05) is 9.86 Å². The van der Waals surface area contributed by atoms with Gasteiger partial charge in [-0.2, -0.15) is 5.10 Å². The Labute approximate surface area is 111 Å². The number of benzene rings is 1. The zero-order valence-corrected chi connectivity index (χ0v) is 10.9. The highest BCUT2D eigenvalue weighted by atomic mass is 79.9. The van der Waals surface area contributed by atoms with Gasteiger partial charge in [0.15, 0.2) is 0 Å². The minimum atomic E-state index is -0.208. The van der Waals surface area contributed by atoms with Crippen molar-refractivity contribution in [3.05, 3.63) is 63.2 Å². The third kappa shape index (κ3) is 1.97. The van der Waals surface area contributed by atoms with Gasteiger partial charge in [0.05, 0.1) is 19.0 Å². The second kappa shape index (κ2) is 4.42. The van der Waals surface area contributed by atoms with Gasteiger partial charge in [-0.25, -0.2) is 4.68 Å². The Balaban J connectivity index is 2.02. The summed E-state index contributed by atoms with van der Waals surface area (Å²) >= 11 is 3.37. The summed E-state index contributed by atoms with van der Waals surface area (Å²) < 4.78 is 7.57. The van der Waals surface area contributed by atoms with Crippen LogP contribution in [0.4, 0.5) is 0 Å². The third-order valence-corrected chi connectivity index (χ3v) is 3.23. The fourth-order valence-electron chi connectivity index (χ4n) is 1.77. The highest BCUT2D eigenvalue weighted by molar-refractivity contribution is 9.10. The van der Waals surface area contributed by atoms with Crippen LogP contribution >= 0.6 is 15.9 Å². The van der Waals surface area contributed by atoms with E-state index < -0.39 is 0 Å². The second-order valence-corrected chi connectivity index (χ2v) is 4.85. The first-order valence-corrected chi connectivity index (χ1v) is 6.21. The molecule has 0 N–H and O–H groups in total. The normalized spacial score (nSPS) is 10.9. The van der Waals surface area contributed by atoms with Gasteiger partial charge >= 0.3 is 5.56 Å². The van der Waals surface area contributed by atoms with Crippen LogP contribution < -0.4 is 5.56 Å². The number of furan rings is 1. The molecule has 90 valence electrons. The molecule has 0 fully saturated rings. The molecule has 2 heterocycles. The molecule has 2 aromatic heterocycles. The Hall–Kier alpha value is -1.88. The van der Waals surface area contributed by atoms with Crippen LogP contribution in [-0.2, 0) is 6.54 Å². The molecular formula is C13H9BrN2O2. The van der Waals surface area contributed by atoms with Gasteiger partial charge in [-0.05, 0) is 23.8 Å². The van der Waals surface area contributed by atoms with Crippen molar-refractivity contribution in [2.75, 3.05) is 0 Å². The molecule has 4 nitrogen and oxygen atoms in total. The maximum absolute atomic E-state index is 12.1. The zero-order valence-electron chi connectivity index (χ0n) is 9.34. The van der Waals surface area contributed by atoms with E-state index in [2.05, 4.69) is 21.0 Å². The summed E-state index contributed by atoms with van der Waals surface area (Å²) in [5.74, 6) is 0. The van der Waals surface area contributed by atoms with Crippen LogP contribution in [0.25, 0.3) is 11.0 Å². The van der Waals surface area contributed by atoms with Crippen molar-refractivity contribution in [3.63, 3.8) is 0 Å². The third-order valence-electron chi connectivity index (χ3n) is 2.71. The van der Waals surface area contributed by atoms with Crippen molar-refractivity contribution in [1.29, 1.82) is 0 Å². The number of aromatic nitrogens is 2. The lowest BCUT2D eigenvalue weighted by Crippen LogP contribution is -2.22. The van der Waals surface area contributed by atoms with Crippen molar-refractivity contribution >= 4 is 26.9 Å². The molecule has 0 saturated carbocycles. The summed E-state index contributed by atoms with van der Waals surface area (Å²) in [5.41, 5.74) is 1.15. The minimum absolute atomic E-state index is 0.208. The average Bonchev–Trinajstić information content (AvgIpc) is 2.84. The lowest BCUT2D eigenvalue weighted by Gasteiger charge is -2.04. The molecule has 3 aromatic rings. The summed E-state index contributed by atoms with van der Waals surface area (Å²) in [6, 6.07) is 9.50. The maximum Gasteiger partial charge on any atom is 0.310 e. The van der Waals surface area contributed by atoms with Gasteiger partial charge in [-0.3, -0.25) is 4.79 Å². The zero-order chi connectivity index (χ0) is 12.5. The first-order chi connectivity index (χ1) is 8.74. The topological polar surface area (TPSA) is 48.0 Å². The van der Waals surface area contributed by atoms with Gasteiger partial charge in [0.1, 0.15) is 0 Å². The minimum Gasteiger partial charge on any atom is -0.458 e. The maximum atomic E-state index is 12.1. The van der Waals surface area contributed by atoms with Crippen LogP contribution in [0.15, 0.2) is 56.5 Å². The van der Waals surface area contributed by atoms with E-state index in [0.717, 1.165) is 15.4 Å². The molecule has 18 heavy (non-hydrogen) atoms. The van der Waals surface area contributed by atoms with E-state index in [1.165, 1.54) is 10.9 Å². The van der Waals surface area contributed by atoms with E-state index in [4.69, 9.17) is 4.42 Å². The summed E-state index contributed by atoms with van der Waals surface area (Å²) in [6.45, 7) is 0.433. The Morgan fingerprint density at radius 2 is 2.00 bits per heavy atom. The molecule has 0 unspecified atom stereocenters. The number of nitrogens with zero attached hydrogens (tertiary/aromatic N) is 2. The molecule has 0 aliphatic heterocycles. The summed E-state index contributed by atoms with van der Waals surface area (Å²) in [5, 5.41) is 4.86. The van der Waals surface area contributed by atoms with Crippen molar-refractivity contribution in [2.45, 2.75) is 6.54 Å². The van der Waals surface area contributed by atoms with Crippen molar-refractivity contribution in [3.8, 4) is 0 Å². The van der Waals surface area contributed by atoms with E-state index >= 15 is 0 Å². The number of hydrogen-bond acceptors (Lipinski definition) is 3. The van der Waals surface area contributed by atoms with Crippen molar-refractivity contribution in [1.82, 2.24) is 9.78 Å². The molecule has 5 heteroatoms. The molecule has 1 aromatic carbocycles. The van der Waals surface area contributed by atoms with E-state index in [9.17, 15) is 4.79 Å². The fraction of sp³-hybridized carbons (Fsp3) is 0.0769. The predicted octanol–water partition coefficient (Wildman–Crippen LogP) is 2.80. The van der Waals surface area contributed by atoms with Crippen LogP contribution in [0.1, 0.15) is 5.56 Å². The molecule has 0 aliphatic rings. The largest absolute Gasteiger partial charge is 0.458 e. The lowest BCUT2D eigenvalue weighted by molar-refractivity contribution is 0.583. The first-order valence-electron chi connectivity index (χ1n) is 5.42. The van der Waals surface area contributed by atoms with E-state index in [-0.39, 0.29) is 5.56 Å². The highest BCUT2D eigenvalue weighted by Gasteiger charge is 2.07. The van der Waals surface area contributed by atoms with Gasteiger partial charge in [0.25, 0.3) is 0 Å². The molecule has 0 saturated heterocycles. The Morgan fingerprint density at radius 3 is 2.78 bits per heavy atom. The number of rotatable bonds is 2. The van der Waals surface area contributed by atoms with Gasteiger partial charge in [-0.1, -0.05) is 28.1 Å². The standard InChI is InChI=1S/C13H9BrN2O2/c14-11-3-1-9(2-4-11)8-16-13(17)12-10(7-15-16)5-6-18-12/h1-7H,8H2. The van der Waals surface area contributed by atoms with Gasteiger partial charge in [0.2, 0.25) is 5.58 Å².